The van der Waals surface area contributed by atoms with Gasteiger partial charge in [-0.25, -0.2) is 14.8 Å². The molecule has 1 N–H and O–H groups in total. The van der Waals surface area contributed by atoms with E-state index in [1.807, 2.05) is 11.1 Å². The number of nitrogens with zero attached hydrogens (tertiary/aromatic N) is 5. The highest BCUT2D eigenvalue weighted by Gasteiger charge is 2.37. The van der Waals surface area contributed by atoms with Crippen molar-refractivity contribution in [2.45, 2.75) is 57.4 Å². The van der Waals surface area contributed by atoms with Crippen molar-refractivity contribution in [2.24, 2.45) is 5.92 Å². The zero-order valence-electron chi connectivity index (χ0n) is 17.6. The number of urea groups is 1. The van der Waals surface area contributed by atoms with E-state index in [0.717, 1.165) is 63.7 Å². The van der Waals surface area contributed by atoms with E-state index in [2.05, 4.69) is 16.9 Å². The first-order valence-electron chi connectivity index (χ1n) is 10.8. The van der Waals surface area contributed by atoms with Crippen LogP contribution in [-0.2, 0) is 17.6 Å². The third-order valence-corrected chi connectivity index (χ3v) is 6.74. The maximum Gasteiger partial charge on any atom is 0.327 e. The van der Waals surface area contributed by atoms with E-state index in [9.17, 15) is 9.59 Å². The van der Waals surface area contributed by atoms with Crippen LogP contribution in [0.1, 0.15) is 49.8 Å². The largest absolute Gasteiger partial charge is 0.481 e. The van der Waals surface area contributed by atoms with E-state index < -0.39 is 5.97 Å². The summed E-state index contributed by atoms with van der Waals surface area (Å²) < 4.78 is 0. The summed E-state index contributed by atoms with van der Waals surface area (Å²) in [6.07, 6.45) is 8.68. The molecule has 2 amide bonds. The summed E-state index contributed by atoms with van der Waals surface area (Å²) in [6.45, 7) is 3.35. The molecule has 2 aliphatic heterocycles. The molecule has 1 aliphatic carbocycles. The van der Waals surface area contributed by atoms with Gasteiger partial charge < -0.3 is 14.9 Å². The second-order valence-corrected chi connectivity index (χ2v) is 8.68. The molecule has 0 radical (unpaired) electrons. The highest BCUT2D eigenvalue weighted by Crippen LogP contribution is 2.32. The van der Waals surface area contributed by atoms with Crippen LogP contribution in [0.3, 0.4) is 0 Å². The lowest BCUT2D eigenvalue weighted by molar-refractivity contribution is -0.137. The smallest absolute Gasteiger partial charge is 0.327 e. The normalized spacial score (nSPS) is 24.9. The lowest BCUT2D eigenvalue weighted by atomic mass is 9.83. The van der Waals surface area contributed by atoms with Gasteiger partial charge in [0.05, 0.1) is 5.69 Å². The van der Waals surface area contributed by atoms with Gasteiger partial charge in [0.2, 0.25) is 5.95 Å². The average Bonchev–Trinajstić information content (AvgIpc) is 3.00. The molecule has 8 nitrogen and oxygen atoms in total. The van der Waals surface area contributed by atoms with Crippen molar-refractivity contribution in [3.63, 3.8) is 0 Å². The van der Waals surface area contributed by atoms with Crippen LogP contribution >= 0.6 is 12.4 Å². The van der Waals surface area contributed by atoms with Gasteiger partial charge in [-0.15, -0.1) is 12.4 Å². The zero-order valence-corrected chi connectivity index (χ0v) is 18.4. The fourth-order valence-electron chi connectivity index (χ4n) is 4.86. The number of aliphatic carboxylic acids is 1. The molecule has 0 spiro atoms. The van der Waals surface area contributed by atoms with Crippen LogP contribution in [-0.4, -0.2) is 76.1 Å². The van der Waals surface area contributed by atoms with E-state index in [0.29, 0.717) is 25.0 Å². The number of hydrogen-bond donors (Lipinski definition) is 1. The van der Waals surface area contributed by atoms with Gasteiger partial charge in [0, 0.05) is 51.3 Å². The minimum absolute atomic E-state index is 0. The molecule has 3 aliphatic rings. The molecule has 9 heteroatoms. The number of carboxylic acid groups (broad SMARTS) is 1. The maximum atomic E-state index is 13.1. The molecule has 30 heavy (non-hydrogen) atoms. The van der Waals surface area contributed by atoms with Crippen LogP contribution in [0.15, 0.2) is 6.20 Å². The summed E-state index contributed by atoms with van der Waals surface area (Å²) in [7, 11) is 2.12. The number of rotatable bonds is 5. The second-order valence-electron chi connectivity index (χ2n) is 8.68. The molecule has 4 rings (SSSR count). The number of anilines is 1. The molecule has 1 saturated carbocycles. The summed E-state index contributed by atoms with van der Waals surface area (Å²) in [6, 6.07) is 0.271. The average molecular weight is 438 g/mol. The third-order valence-electron chi connectivity index (χ3n) is 6.74. The molecule has 166 valence electrons. The predicted molar refractivity (Wildman–Crippen MR) is 116 cm³/mol. The van der Waals surface area contributed by atoms with E-state index in [-0.39, 0.29) is 30.9 Å². The minimum atomic E-state index is -0.718. The molecule has 2 fully saturated rings. The SMILES string of the molecule is CN1CCc2cnc(N3CCN([C@H]4CC[C@H](CCC(=O)O)CC4)C3=O)nc2CC1.Cl. The molecule has 0 bridgehead atoms. The van der Waals surface area contributed by atoms with Gasteiger partial charge in [0.25, 0.3) is 0 Å². The maximum absolute atomic E-state index is 13.1. The third kappa shape index (κ3) is 5.03. The molecular formula is C21H32ClN5O3. The van der Waals surface area contributed by atoms with E-state index in [1.165, 1.54) is 5.56 Å². The van der Waals surface area contributed by atoms with Crippen molar-refractivity contribution in [3.05, 3.63) is 17.5 Å². The second kappa shape index (κ2) is 9.92. The first-order valence-corrected chi connectivity index (χ1v) is 10.8. The van der Waals surface area contributed by atoms with E-state index >= 15 is 0 Å². The first-order chi connectivity index (χ1) is 14.0. The number of carbonyl (C=O) groups excluding carboxylic acids is 1. The number of likely N-dealkylation sites (N-methyl/N-ethyl adjacent to an activating group) is 1. The highest BCUT2D eigenvalue weighted by molar-refractivity contribution is 5.92. The minimum Gasteiger partial charge on any atom is -0.481 e. The van der Waals surface area contributed by atoms with Crippen molar-refractivity contribution in [3.8, 4) is 0 Å². The van der Waals surface area contributed by atoms with E-state index in [1.54, 1.807) is 4.90 Å². The molecular weight excluding hydrogens is 406 g/mol. The van der Waals surface area contributed by atoms with Crippen LogP contribution in [0.4, 0.5) is 10.7 Å². The monoisotopic (exact) mass is 437 g/mol. The summed E-state index contributed by atoms with van der Waals surface area (Å²) >= 11 is 0. The molecule has 1 aromatic heterocycles. The molecule has 0 unspecified atom stereocenters. The molecule has 0 aromatic carbocycles. The van der Waals surface area contributed by atoms with Gasteiger partial charge in [-0.3, -0.25) is 9.69 Å². The number of carboxylic acids is 1. The first kappa shape index (κ1) is 22.7. The van der Waals surface area contributed by atoms with Crippen LogP contribution in [0.5, 0.6) is 0 Å². The Morgan fingerprint density at radius 2 is 1.87 bits per heavy atom. The number of amides is 2. The number of halogens is 1. The number of aromatic nitrogens is 2. The zero-order chi connectivity index (χ0) is 20.4. The van der Waals surface area contributed by atoms with Gasteiger partial charge in [-0.05, 0) is 57.1 Å². The van der Waals surface area contributed by atoms with Crippen molar-refractivity contribution < 1.29 is 14.7 Å². The Morgan fingerprint density at radius 3 is 2.60 bits per heavy atom. The van der Waals surface area contributed by atoms with Gasteiger partial charge >= 0.3 is 12.0 Å². The Morgan fingerprint density at radius 1 is 1.13 bits per heavy atom. The Labute approximate surface area is 184 Å². The Kier molecular flexibility index (Phi) is 7.52. The fraction of sp³-hybridized carbons (Fsp3) is 0.714. The summed E-state index contributed by atoms with van der Waals surface area (Å²) in [5.41, 5.74) is 2.27. The Bertz CT molecular complexity index is 769. The van der Waals surface area contributed by atoms with Gasteiger partial charge in [0.15, 0.2) is 0 Å². The van der Waals surface area contributed by atoms with Crippen LogP contribution < -0.4 is 4.90 Å². The van der Waals surface area contributed by atoms with Crippen molar-refractivity contribution in [2.75, 3.05) is 38.1 Å². The topological polar surface area (TPSA) is 89.9 Å². The Hall–Kier alpha value is -1.93. The van der Waals surface area contributed by atoms with Crippen LogP contribution in [0.2, 0.25) is 0 Å². The van der Waals surface area contributed by atoms with Gasteiger partial charge in [-0.2, -0.15) is 0 Å². The summed E-state index contributed by atoms with van der Waals surface area (Å²) in [5.74, 6) is 0.294. The highest BCUT2D eigenvalue weighted by atomic mass is 35.5. The van der Waals surface area contributed by atoms with Gasteiger partial charge in [-0.1, -0.05) is 0 Å². The van der Waals surface area contributed by atoms with Crippen molar-refractivity contribution in [1.82, 2.24) is 19.8 Å². The number of hydrogen-bond acceptors (Lipinski definition) is 5. The van der Waals surface area contributed by atoms with E-state index in [4.69, 9.17) is 10.1 Å². The molecule has 1 aromatic rings. The summed E-state index contributed by atoms with van der Waals surface area (Å²) in [5, 5.41) is 8.87. The lowest BCUT2D eigenvalue weighted by Crippen LogP contribution is -2.41. The fourth-order valence-corrected chi connectivity index (χ4v) is 4.86. The number of carbonyl (C=O) groups is 2. The Balaban J connectivity index is 0.00000256. The van der Waals surface area contributed by atoms with Crippen molar-refractivity contribution in [1.29, 1.82) is 0 Å². The standard InChI is InChI=1S/C21H31N5O3.ClH/c1-24-10-8-16-14-22-20(23-18(16)9-11-24)26-13-12-25(21(26)29)17-5-2-15(3-6-17)4-7-19(27)28;/h14-15,17H,2-13H2,1H3,(H,27,28);1H/t15-,17-;. The number of fused-ring (bicyclic) bond motifs is 1. The summed E-state index contributed by atoms with van der Waals surface area (Å²) in [4.78, 5) is 39.1. The van der Waals surface area contributed by atoms with Crippen molar-refractivity contribution >= 4 is 30.4 Å². The quantitative estimate of drug-likeness (QED) is 0.761. The lowest BCUT2D eigenvalue weighted by Gasteiger charge is -2.34. The predicted octanol–water partition coefficient (Wildman–Crippen LogP) is 2.59. The van der Waals surface area contributed by atoms with Crippen LogP contribution in [0.25, 0.3) is 0 Å². The van der Waals surface area contributed by atoms with Crippen LogP contribution in [0, 0.1) is 5.92 Å². The molecule has 1 saturated heterocycles. The molecule has 3 heterocycles. The molecule has 0 atom stereocenters. The van der Waals surface area contributed by atoms with Gasteiger partial charge in [0.1, 0.15) is 0 Å².